The van der Waals surface area contributed by atoms with Gasteiger partial charge < -0.3 is 10.2 Å². The average molecular weight is 444 g/mol. The minimum atomic E-state index is -3.26. The molecular weight excluding hydrogens is 410 g/mol. The second-order valence-corrected chi connectivity index (χ2v) is 9.63. The molecule has 1 saturated heterocycles. The third kappa shape index (κ3) is 7.34. The zero-order valence-electron chi connectivity index (χ0n) is 18.4. The number of benzene rings is 2. The Hall–Kier alpha value is -2.42. The molecule has 2 aromatic rings. The Bertz CT molecular complexity index is 938. The molecule has 1 fully saturated rings. The van der Waals surface area contributed by atoms with E-state index in [1.165, 1.54) is 12.6 Å². The van der Waals surface area contributed by atoms with Gasteiger partial charge in [-0.2, -0.15) is 0 Å². The summed E-state index contributed by atoms with van der Waals surface area (Å²) in [5.74, 6) is 0.923. The van der Waals surface area contributed by atoms with Crippen LogP contribution in [0.5, 0.6) is 0 Å². The van der Waals surface area contributed by atoms with Gasteiger partial charge in [-0.3, -0.25) is 4.90 Å². The Balaban J connectivity index is 1.55. The Labute approximate surface area is 186 Å². The van der Waals surface area contributed by atoms with Crippen molar-refractivity contribution < 1.29 is 8.42 Å². The molecule has 0 unspecified atom stereocenters. The normalized spacial score (nSPS) is 15.8. The fourth-order valence-corrected chi connectivity index (χ4v) is 4.36. The zero-order valence-corrected chi connectivity index (χ0v) is 19.2. The van der Waals surface area contributed by atoms with Gasteiger partial charge in [-0.15, -0.1) is 0 Å². The predicted octanol–water partition coefficient (Wildman–Crippen LogP) is 2.02. The van der Waals surface area contributed by atoms with Gasteiger partial charge in [0.15, 0.2) is 5.96 Å². The van der Waals surface area contributed by atoms with Gasteiger partial charge in [0, 0.05) is 39.3 Å². The van der Waals surface area contributed by atoms with Crippen LogP contribution < -0.4 is 10.0 Å². The Morgan fingerprint density at radius 3 is 2.19 bits per heavy atom. The topological polar surface area (TPSA) is 77.0 Å². The van der Waals surface area contributed by atoms with Gasteiger partial charge in [-0.05, 0) is 30.7 Å². The van der Waals surface area contributed by atoms with Crippen molar-refractivity contribution in [3.8, 4) is 0 Å². The lowest BCUT2D eigenvalue weighted by atomic mass is 10.1. The molecule has 0 atom stereocenters. The van der Waals surface area contributed by atoms with Crippen LogP contribution in [0.25, 0.3) is 0 Å². The first-order valence-corrected chi connectivity index (χ1v) is 12.4. The minimum absolute atomic E-state index is 0.0110. The highest BCUT2D eigenvalue weighted by Crippen LogP contribution is 2.11. The van der Waals surface area contributed by atoms with Crippen molar-refractivity contribution in [1.29, 1.82) is 0 Å². The van der Waals surface area contributed by atoms with Crippen molar-refractivity contribution in [3.63, 3.8) is 0 Å². The van der Waals surface area contributed by atoms with Crippen LogP contribution >= 0.6 is 0 Å². The molecule has 0 amide bonds. The van der Waals surface area contributed by atoms with E-state index in [0.717, 1.165) is 56.4 Å². The monoisotopic (exact) mass is 443 g/mol. The molecule has 7 nitrogen and oxygen atoms in total. The summed E-state index contributed by atoms with van der Waals surface area (Å²) in [5, 5.41) is 3.41. The maximum Gasteiger partial charge on any atom is 0.215 e. The molecule has 2 N–H and O–H groups in total. The molecule has 31 heavy (non-hydrogen) atoms. The first-order valence-electron chi connectivity index (χ1n) is 10.8. The molecule has 2 aromatic carbocycles. The maximum atomic E-state index is 11.7. The second kappa shape index (κ2) is 11.3. The van der Waals surface area contributed by atoms with Gasteiger partial charge in [-0.25, -0.2) is 18.1 Å². The van der Waals surface area contributed by atoms with Crippen molar-refractivity contribution in [2.24, 2.45) is 4.99 Å². The first kappa shape index (κ1) is 23.2. The number of nitrogens with zero attached hydrogens (tertiary/aromatic N) is 3. The smallest absolute Gasteiger partial charge is 0.215 e. The van der Waals surface area contributed by atoms with Crippen LogP contribution in [0.1, 0.15) is 23.6 Å². The number of hydrogen-bond donors (Lipinski definition) is 2. The van der Waals surface area contributed by atoms with Gasteiger partial charge in [0.25, 0.3) is 0 Å². The molecule has 0 aromatic heterocycles. The fraction of sp³-hybridized carbons (Fsp3) is 0.435. The van der Waals surface area contributed by atoms with E-state index in [9.17, 15) is 8.42 Å². The summed E-state index contributed by atoms with van der Waals surface area (Å²) >= 11 is 0. The lowest BCUT2D eigenvalue weighted by Gasteiger charge is -2.36. The van der Waals surface area contributed by atoms with Crippen LogP contribution in [0.3, 0.4) is 0 Å². The Morgan fingerprint density at radius 1 is 0.935 bits per heavy atom. The van der Waals surface area contributed by atoms with Crippen LogP contribution in [0.4, 0.5) is 0 Å². The number of piperazine rings is 1. The molecule has 1 heterocycles. The molecule has 0 radical (unpaired) electrons. The van der Waals surface area contributed by atoms with E-state index in [1.54, 1.807) is 0 Å². The highest BCUT2D eigenvalue weighted by molar-refractivity contribution is 7.88. The van der Waals surface area contributed by atoms with E-state index in [2.05, 4.69) is 57.1 Å². The number of aliphatic imine (C=N–C) groups is 1. The van der Waals surface area contributed by atoms with Gasteiger partial charge in [0.2, 0.25) is 10.0 Å². The third-order valence-electron chi connectivity index (χ3n) is 5.36. The molecule has 0 bridgehead atoms. The fourth-order valence-electron chi connectivity index (χ4n) is 3.58. The number of hydrogen-bond acceptors (Lipinski definition) is 4. The summed E-state index contributed by atoms with van der Waals surface area (Å²) in [6, 6.07) is 18.2. The quantitative estimate of drug-likeness (QED) is 0.482. The van der Waals surface area contributed by atoms with Crippen molar-refractivity contribution in [2.45, 2.75) is 25.8 Å². The second-order valence-electron chi connectivity index (χ2n) is 7.70. The van der Waals surface area contributed by atoms with Crippen molar-refractivity contribution in [2.75, 3.05) is 39.8 Å². The van der Waals surface area contributed by atoms with Crippen LogP contribution in [0.15, 0.2) is 59.6 Å². The largest absolute Gasteiger partial charge is 0.357 e. The van der Waals surface area contributed by atoms with Crippen molar-refractivity contribution in [1.82, 2.24) is 19.8 Å². The summed E-state index contributed by atoms with van der Waals surface area (Å²) in [7, 11) is -1.82. The van der Waals surface area contributed by atoms with Gasteiger partial charge >= 0.3 is 0 Å². The van der Waals surface area contributed by atoms with E-state index in [1.807, 2.05) is 24.3 Å². The third-order valence-corrected chi connectivity index (χ3v) is 6.69. The molecule has 1 aliphatic rings. The molecule has 0 aliphatic carbocycles. The number of nitrogens with one attached hydrogen (secondary N) is 2. The summed E-state index contributed by atoms with van der Waals surface area (Å²) in [6.07, 6.45) is 0. The number of rotatable bonds is 8. The molecular formula is C23H33N5O2S. The number of sulfonamides is 1. The molecule has 0 spiro atoms. The zero-order chi connectivity index (χ0) is 22.1. The highest BCUT2D eigenvalue weighted by Gasteiger charge is 2.19. The van der Waals surface area contributed by atoms with E-state index in [4.69, 9.17) is 4.99 Å². The maximum absolute atomic E-state index is 11.7. The lowest BCUT2D eigenvalue weighted by molar-refractivity contribution is 0.172. The van der Waals surface area contributed by atoms with Crippen molar-refractivity contribution in [3.05, 3.63) is 71.3 Å². The Kier molecular flexibility index (Phi) is 8.45. The molecule has 8 heteroatoms. The van der Waals surface area contributed by atoms with E-state index in [0.29, 0.717) is 6.54 Å². The minimum Gasteiger partial charge on any atom is -0.357 e. The van der Waals surface area contributed by atoms with Crippen molar-refractivity contribution >= 4 is 16.0 Å². The van der Waals surface area contributed by atoms with Crippen LogP contribution in [-0.2, 0) is 28.9 Å². The highest BCUT2D eigenvalue weighted by atomic mass is 32.2. The van der Waals surface area contributed by atoms with Crippen LogP contribution in [0, 0.1) is 0 Å². The van der Waals surface area contributed by atoms with Gasteiger partial charge in [0.1, 0.15) is 0 Å². The van der Waals surface area contributed by atoms with E-state index < -0.39 is 10.0 Å². The van der Waals surface area contributed by atoms with Gasteiger partial charge in [0.05, 0.1) is 12.3 Å². The standard InChI is InChI=1S/C23H33N5O2S/c1-3-25-23(26-17-20-9-11-22(12-10-20)19-31(29,30)24-2)28-15-13-27(14-16-28)18-21-7-5-4-6-8-21/h4-12,24H,3,13-19H2,1-2H3,(H,25,26). The molecule has 3 rings (SSSR count). The van der Waals surface area contributed by atoms with Crippen LogP contribution in [0.2, 0.25) is 0 Å². The molecule has 168 valence electrons. The molecule has 0 saturated carbocycles. The molecule has 1 aliphatic heterocycles. The summed E-state index contributed by atoms with van der Waals surface area (Å²) in [5.41, 5.74) is 3.18. The summed E-state index contributed by atoms with van der Waals surface area (Å²) in [4.78, 5) is 9.62. The SMILES string of the molecule is CCNC(=NCc1ccc(CS(=O)(=O)NC)cc1)N1CCN(Cc2ccccc2)CC1. The van der Waals surface area contributed by atoms with E-state index >= 15 is 0 Å². The summed E-state index contributed by atoms with van der Waals surface area (Å²) < 4.78 is 25.7. The number of guanidine groups is 1. The Morgan fingerprint density at radius 2 is 1.58 bits per heavy atom. The lowest BCUT2D eigenvalue weighted by Crippen LogP contribution is -2.52. The van der Waals surface area contributed by atoms with Gasteiger partial charge in [-0.1, -0.05) is 54.6 Å². The van der Waals surface area contributed by atoms with E-state index in [-0.39, 0.29) is 5.75 Å². The summed E-state index contributed by atoms with van der Waals surface area (Å²) in [6.45, 7) is 8.35. The average Bonchev–Trinajstić information content (AvgIpc) is 2.79. The first-order chi connectivity index (χ1) is 15.0. The van der Waals surface area contributed by atoms with Crippen LogP contribution in [-0.4, -0.2) is 63.9 Å². The predicted molar refractivity (Wildman–Crippen MR) is 126 cm³/mol.